The van der Waals surface area contributed by atoms with Crippen LogP contribution in [-0.2, 0) is 0 Å². The maximum Gasteiger partial charge on any atom is 0.167 e. The van der Waals surface area contributed by atoms with Crippen LogP contribution in [0.4, 0.5) is 4.39 Å². The summed E-state index contributed by atoms with van der Waals surface area (Å²) in [6.45, 7) is 0. The summed E-state index contributed by atoms with van der Waals surface area (Å²) in [6, 6.07) is 10.6. The Morgan fingerprint density at radius 2 is 1.89 bits per heavy atom. The molecule has 0 unspecified atom stereocenters. The van der Waals surface area contributed by atoms with Crippen molar-refractivity contribution in [2.45, 2.75) is 0 Å². The topological polar surface area (TPSA) is 33.0 Å². The number of nitriles is 1. The molecular weight excluding hydrogens is 276 g/mol. The fourth-order valence-electron chi connectivity index (χ4n) is 1.33. The van der Waals surface area contributed by atoms with Crippen molar-refractivity contribution >= 4 is 23.2 Å². The summed E-state index contributed by atoms with van der Waals surface area (Å²) in [7, 11) is 0. The molecule has 0 bridgehead atoms. The molecule has 0 aliphatic heterocycles. The smallest absolute Gasteiger partial charge is 0.167 e. The lowest BCUT2D eigenvalue weighted by Crippen LogP contribution is -1.90. The third kappa shape index (κ3) is 2.56. The number of hydrogen-bond acceptors (Lipinski definition) is 2. The highest BCUT2D eigenvalue weighted by atomic mass is 35.5. The van der Waals surface area contributed by atoms with Crippen molar-refractivity contribution in [3.8, 4) is 17.6 Å². The van der Waals surface area contributed by atoms with E-state index in [9.17, 15) is 4.39 Å². The van der Waals surface area contributed by atoms with Gasteiger partial charge in [0.15, 0.2) is 11.6 Å². The van der Waals surface area contributed by atoms with Crippen molar-refractivity contribution in [1.82, 2.24) is 0 Å². The Kier molecular flexibility index (Phi) is 3.71. The van der Waals surface area contributed by atoms with Gasteiger partial charge in [-0.05, 0) is 30.3 Å². The normalized spacial score (nSPS) is 9.89. The third-order valence-electron chi connectivity index (χ3n) is 2.20. The van der Waals surface area contributed by atoms with Gasteiger partial charge in [0.1, 0.15) is 10.8 Å². The van der Waals surface area contributed by atoms with Crippen LogP contribution < -0.4 is 4.74 Å². The van der Waals surface area contributed by atoms with Gasteiger partial charge in [-0.3, -0.25) is 0 Å². The lowest BCUT2D eigenvalue weighted by Gasteiger charge is -2.09. The van der Waals surface area contributed by atoms with E-state index >= 15 is 0 Å². The van der Waals surface area contributed by atoms with Crippen LogP contribution in [0.5, 0.6) is 11.5 Å². The maximum absolute atomic E-state index is 13.6. The van der Waals surface area contributed by atoms with E-state index < -0.39 is 5.82 Å². The van der Waals surface area contributed by atoms with Crippen LogP contribution in [0.2, 0.25) is 10.0 Å². The molecule has 0 aliphatic carbocycles. The van der Waals surface area contributed by atoms with Crippen LogP contribution in [0.25, 0.3) is 0 Å². The molecule has 0 aromatic heterocycles. The number of rotatable bonds is 2. The van der Waals surface area contributed by atoms with E-state index in [0.717, 1.165) is 6.07 Å². The standard InChI is InChI=1S/C13H6Cl2FNO/c14-9-2-1-3-12(13(9)15)18-11-5-4-8(7-17)6-10(11)16/h1-6H. The van der Waals surface area contributed by atoms with Gasteiger partial charge in [0.25, 0.3) is 0 Å². The van der Waals surface area contributed by atoms with E-state index in [2.05, 4.69) is 0 Å². The molecule has 0 amide bonds. The summed E-state index contributed by atoms with van der Waals surface area (Å²) in [6.07, 6.45) is 0. The molecular formula is C13H6Cl2FNO. The van der Waals surface area contributed by atoms with Crippen LogP contribution in [-0.4, -0.2) is 0 Å². The summed E-state index contributed by atoms with van der Waals surface area (Å²) in [5, 5.41) is 9.16. The molecule has 0 heterocycles. The van der Waals surface area contributed by atoms with E-state index in [4.69, 9.17) is 33.2 Å². The molecule has 0 fully saturated rings. The van der Waals surface area contributed by atoms with Crippen LogP contribution in [0.3, 0.4) is 0 Å². The molecule has 0 atom stereocenters. The summed E-state index contributed by atoms with van der Waals surface area (Å²) in [4.78, 5) is 0. The highest BCUT2D eigenvalue weighted by Crippen LogP contribution is 2.35. The number of hydrogen-bond donors (Lipinski definition) is 0. The van der Waals surface area contributed by atoms with Gasteiger partial charge < -0.3 is 4.74 Å². The van der Waals surface area contributed by atoms with E-state index in [1.165, 1.54) is 12.1 Å². The zero-order chi connectivity index (χ0) is 13.1. The van der Waals surface area contributed by atoms with Gasteiger partial charge in [0.05, 0.1) is 16.7 Å². The summed E-state index contributed by atoms with van der Waals surface area (Å²) in [5.41, 5.74) is 0.219. The first-order valence-electron chi connectivity index (χ1n) is 4.93. The highest BCUT2D eigenvalue weighted by molar-refractivity contribution is 6.42. The highest BCUT2D eigenvalue weighted by Gasteiger charge is 2.10. The first-order chi connectivity index (χ1) is 8.61. The molecule has 2 rings (SSSR count). The van der Waals surface area contributed by atoms with Gasteiger partial charge in [0, 0.05) is 0 Å². The Bertz CT molecular complexity index is 637. The molecule has 2 nitrogen and oxygen atoms in total. The van der Waals surface area contributed by atoms with Crippen LogP contribution in [0.1, 0.15) is 5.56 Å². The Labute approximate surface area is 113 Å². The first kappa shape index (κ1) is 12.7. The van der Waals surface area contributed by atoms with Crippen molar-refractivity contribution in [2.75, 3.05) is 0 Å². The molecule has 2 aromatic carbocycles. The second kappa shape index (κ2) is 5.26. The van der Waals surface area contributed by atoms with Crippen LogP contribution in [0, 0.1) is 17.1 Å². The minimum absolute atomic E-state index is 0.0156. The van der Waals surface area contributed by atoms with Crippen molar-refractivity contribution in [1.29, 1.82) is 5.26 Å². The lowest BCUT2D eigenvalue weighted by atomic mass is 10.2. The van der Waals surface area contributed by atoms with E-state index in [1.807, 2.05) is 6.07 Å². The Morgan fingerprint density at radius 3 is 2.56 bits per heavy atom. The Balaban J connectivity index is 2.35. The molecule has 0 spiro atoms. The van der Waals surface area contributed by atoms with Crippen molar-refractivity contribution in [3.05, 3.63) is 57.8 Å². The van der Waals surface area contributed by atoms with Crippen molar-refractivity contribution < 1.29 is 9.13 Å². The minimum Gasteiger partial charge on any atom is -0.453 e. The molecule has 0 N–H and O–H groups in total. The Morgan fingerprint density at radius 1 is 1.11 bits per heavy atom. The maximum atomic E-state index is 13.6. The predicted molar refractivity (Wildman–Crippen MR) is 67.7 cm³/mol. The summed E-state index contributed by atoms with van der Waals surface area (Å²) in [5.74, 6) is -0.393. The molecule has 90 valence electrons. The third-order valence-corrected chi connectivity index (χ3v) is 3.00. The lowest BCUT2D eigenvalue weighted by molar-refractivity contribution is 0.442. The molecule has 18 heavy (non-hydrogen) atoms. The van der Waals surface area contributed by atoms with Crippen LogP contribution >= 0.6 is 23.2 Å². The van der Waals surface area contributed by atoms with Gasteiger partial charge >= 0.3 is 0 Å². The number of benzene rings is 2. The molecule has 0 saturated carbocycles. The zero-order valence-electron chi connectivity index (χ0n) is 8.95. The van der Waals surface area contributed by atoms with E-state index in [0.29, 0.717) is 5.02 Å². The SMILES string of the molecule is N#Cc1ccc(Oc2cccc(Cl)c2Cl)c(F)c1. The average molecular weight is 282 g/mol. The van der Waals surface area contributed by atoms with E-state index in [1.54, 1.807) is 18.2 Å². The monoisotopic (exact) mass is 281 g/mol. The Hall–Kier alpha value is -1.76. The van der Waals surface area contributed by atoms with Gasteiger partial charge in [-0.2, -0.15) is 5.26 Å². The van der Waals surface area contributed by atoms with Gasteiger partial charge in [-0.1, -0.05) is 29.3 Å². The average Bonchev–Trinajstić information content (AvgIpc) is 2.37. The quantitative estimate of drug-likeness (QED) is 0.792. The summed E-state index contributed by atoms with van der Waals surface area (Å²) < 4.78 is 18.9. The first-order valence-corrected chi connectivity index (χ1v) is 5.69. The van der Waals surface area contributed by atoms with E-state index in [-0.39, 0.29) is 22.1 Å². The van der Waals surface area contributed by atoms with Crippen LogP contribution in [0.15, 0.2) is 36.4 Å². The number of halogens is 3. The number of nitrogens with zero attached hydrogens (tertiary/aromatic N) is 1. The second-order valence-electron chi connectivity index (χ2n) is 3.41. The van der Waals surface area contributed by atoms with Gasteiger partial charge in [-0.25, -0.2) is 4.39 Å². The van der Waals surface area contributed by atoms with Crippen molar-refractivity contribution in [3.63, 3.8) is 0 Å². The fraction of sp³-hybridized carbons (Fsp3) is 0. The number of ether oxygens (including phenoxy) is 1. The second-order valence-corrected chi connectivity index (χ2v) is 4.20. The molecule has 2 aromatic rings. The fourth-order valence-corrected chi connectivity index (χ4v) is 1.66. The van der Waals surface area contributed by atoms with Crippen molar-refractivity contribution in [2.24, 2.45) is 0 Å². The molecule has 0 radical (unpaired) electrons. The minimum atomic E-state index is -0.634. The largest absolute Gasteiger partial charge is 0.453 e. The summed E-state index contributed by atoms with van der Waals surface area (Å²) >= 11 is 11.7. The van der Waals surface area contributed by atoms with Gasteiger partial charge in [0.2, 0.25) is 0 Å². The molecule has 0 saturated heterocycles. The molecule has 5 heteroatoms. The zero-order valence-corrected chi connectivity index (χ0v) is 10.5. The van der Waals surface area contributed by atoms with Gasteiger partial charge in [-0.15, -0.1) is 0 Å². The predicted octanol–water partition coefficient (Wildman–Crippen LogP) is 4.80. The molecule has 0 aliphatic rings.